The molecule has 0 heterocycles. The Labute approximate surface area is 138 Å². The summed E-state index contributed by atoms with van der Waals surface area (Å²) < 4.78 is 5.63. The first kappa shape index (κ1) is 21.5. The van der Waals surface area contributed by atoms with Gasteiger partial charge in [0.1, 0.15) is 0 Å². The molecule has 0 atom stereocenters. The van der Waals surface area contributed by atoms with Gasteiger partial charge in [-0.15, -0.1) is 0 Å². The van der Waals surface area contributed by atoms with Crippen molar-refractivity contribution >= 4 is 0 Å². The average molecular weight is 313 g/mol. The van der Waals surface area contributed by atoms with Crippen molar-refractivity contribution in [3.8, 4) is 0 Å². The van der Waals surface area contributed by atoms with Crippen molar-refractivity contribution in [3.05, 3.63) is 11.8 Å². The van der Waals surface area contributed by atoms with Gasteiger partial charge in [0.25, 0.3) is 0 Å². The van der Waals surface area contributed by atoms with E-state index in [1.54, 1.807) is 0 Å². The molecule has 0 unspecified atom stereocenters. The molecule has 0 aromatic heterocycles. The quantitative estimate of drug-likeness (QED) is 0.376. The van der Waals surface area contributed by atoms with E-state index in [9.17, 15) is 0 Å². The lowest BCUT2D eigenvalue weighted by atomic mass is 10.1. The minimum Gasteiger partial charge on any atom is -0.402 e. The fourth-order valence-corrected chi connectivity index (χ4v) is 2.60. The second kappa shape index (κ2) is 18.5. The van der Waals surface area contributed by atoms with Crippen LogP contribution >= 0.6 is 0 Å². The molecule has 0 saturated carbocycles. The third-order valence-electron chi connectivity index (χ3n) is 4.03. The number of rotatable bonds is 17. The topological polar surface area (TPSA) is 61.3 Å². The van der Waals surface area contributed by atoms with Crippen LogP contribution in [0.2, 0.25) is 0 Å². The first-order chi connectivity index (χ1) is 10.8. The van der Waals surface area contributed by atoms with E-state index in [1.165, 1.54) is 70.6 Å². The highest BCUT2D eigenvalue weighted by molar-refractivity contribution is 4.96. The van der Waals surface area contributed by atoms with Crippen molar-refractivity contribution in [1.29, 1.82) is 0 Å². The third-order valence-corrected chi connectivity index (χ3v) is 4.03. The molecule has 0 aromatic carbocycles. The first-order valence-corrected chi connectivity index (χ1v) is 9.53. The van der Waals surface area contributed by atoms with Gasteiger partial charge in [0.05, 0.1) is 0 Å². The Morgan fingerprint density at radius 2 is 1.27 bits per heavy atom. The van der Waals surface area contributed by atoms with Crippen LogP contribution in [0.1, 0.15) is 90.4 Å². The molecule has 0 aliphatic heterocycles. The van der Waals surface area contributed by atoms with E-state index in [0.717, 1.165) is 31.8 Å². The molecule has 0 aliphatic carbocycles. The summed E-state index contributed by atoms with van der Waals surface area (Å²) in [7, 11) is 0. The monoisotopic (exact) mass is 312 g/mol. The van der Waals surface area contributed by atoms with Gasteiger partial charge < -0.3 is 16.2 Å². The van der Waals surface area contributed by atoms with Crippen molar-refractivity contribution in [2.24, 2.45) is 11.5 Å². The standard InChI is InChI=1S/C19H40N2O/c1-2-3-4-5-6-7-8-9-10-11-12-17-22-18-13-14-19(21)15-16-20/h15H,2-14,16-18,20-21H2,1H3. The summed E-state index contributed by atoms with van der Waals surface area (Å²) >= 11 is 0. The van der Waals surface area contributed by atoms with Gasteiger partial charge in [-0.25, -0.2) is 0 Å². The number of hydrogen-bond acceptors (Lipinski definition) is 3. The van der Waals surface area contributed by atoms with Crippen LogP contribution in [-0.4, -0.2) is 19.8 Å². The number of unbranched alkanes of at least 4 members (excludes halogenated alkanes) is 10. The van der Waals surface area contributed by atoms with Crippen LogP contribution in [0.3, 0.4) is 0 Å². The Bertz CT molecular complexity index is 242. The smallest absolute Gasteiger partial charge is 0.0469 e. The number of allylic oxidation sites excluding steroid dienone is 1. The van der Waals surface area contributed by atoms with Crippen molar-refractivity contribution in [2.75, 3.05) is 19.8 Å². The predicted molar refractivity (Wildman–Crippen MR) is 97.8 cm³/mol. The molecule has 0 amide bonds. The Kier molecular flexibility index (Phi) is 18.1. The molecule has 0 rings (SSSR count). The second-order valence-corrected chi connectivity index (χ2v) is 6.27. The van der Waals surface area contributed by atoms with Crippen LogP contribution in [-0.2, 0) is 4.74 Å². The zero-order valence-corrected chi connectivity index (χ0v) is 15.0. The van der Waals surface area contributed by atoms with E-state index >= 15 is 0 Å². The summed E-state index contributed by atoms with van der Waals surface area (Å²) in [6, 6.07) is 0. The Morgan fingerprint density at radius 1 is 0.773 bits per heavy atom. The highest BCUT2D eigenvalue weighted by Gasteiger charge is 1.95. The van der Waals surface area contributed by atoms with Crippen molar-refractivity contribution in [1.82, 2.24) is 0 Å². The summed E-state index contributed by atoms with van der Waals surface area (Å²) in [4.78, 5) is 0. The van der Waals surface area contributed by atoms with Crippen LogP contribution in [0, 0.1) is 0 Å². The van der Waals surface area contributed by atoms with Crippen LogP contribution in [0.4, 0.5) is 0 Å². The molecule has 3 heteroatoms. The van der Waals surface area contributed by atoms with E-state index in [2.05, 4.69) is 6.92 Å². The molecule has 0 fully saturated rings. The van der Waals surface area contributed by atoms with Crippen LogP contribution in [0.25, 0.3) is 0 Å². The van der Waals surface area contributed by atoms with E-state index in [1.807, 2.05) is 6.08 Å². The van der Waals surface area contributed by atoms with Crippen molar-refractivity contribution in [3.63, 3.8) is 0 Å². The molecule has 0 radical (unpaired) electrons. The molecule has 0 aliphatic rings. The van der Waals surface area contributed by atoms with Gasteiger partial charge in [0.15, 0.2) is 0 Å². The summed E-state index contributed by atoms with van der Waals surface area (Å²) in [6.07, 6.45) is 19.0. The van der Waals surface area contributed by atoms with Gasteiger partial charge >= 0.3 is 0 Å². The van der Waals surface area contributed by atoms with Crippen molar-refractivity contribution in [2.45, 2.75) is 90.4 Å². The Hall–Kier alpha value is -0.540. The molecule has 22 heavy (non-hydrogen) atoms. The number of nitrogens with two attached hydrogens (primary N) is 2. The van der Waals surface area contributed by atoms with E-state index in [4.69, 9.17) is 16.2 Å². The molecule has 0 saturated heterocycles. The van der Waals surface area contributed by atoms with Gasteiger partial charge in [0.2, 0.25) is 0 Å². The minimum absolute atomic E-state index is 0.533. The molecule has 0 bridgehead atoms. The summed E-state index contributed by atoms with van der Waals surface area (Å²) in [5.41, 5.74) is 12.1. The average Bonchev–Trinajstić information content (AvgIpc) is 2.51. The molecule has 0 aromatic rings. The molecule has 3 nitrogen and oxygen atoms in total. The van der Waals surface area contributed by atoms with Gasteiger partial charge in [-0.3, -0.25) is 0 Å². The van der Waals surface area contributed by atoms with E-state index in [0.29, 0.717) is 6.54 Å². The zero-order valence-electron chi connectivity index (χ0n) is 15.0. The first-order valence-electron chi connectivity index (χ1n) is 9.53. The second-order valence-electron chi connectivity index (χ2n) is 6.27. The minimum atomic E-state index is 0.533. The van der Waals surface area contributed by atoms with E-state index < -0.39 is 0 Å². The lowest BCUT2D eigenvalue weighted by Crippen LogP contribution is -2.05. The molecule has 4 N–H and O–H groups in total. The number of ether oxygens (including phenoxy) is 1. The lowest BCUT2D eigenvalue weighted by Gasteiger charge is -2.05. The highest BCUT2D eigenvalue weighted by Crippen LogP contribution is 2.11. The molecular formula is C19H40N2O. The lowest BCUT2D eigenvalue weighted by molar-refractivity contribution is 0.127. The summed E-state index contributed by atoms with van der Waals surface area (Å²) in [5, 5.41) is 0. The number of hydrogen-bond donors (Lipinski definition) is 2. The molecule has 0 spiro atoms. The van der Waals surface area contributed by atoms with Gasteiger partial charge in [-0.2, -0.15) is 0 Å². The maximum absolute atomic E-state index is 5.76. The largest absolute Gasteiger partial charge is 0.402 e. The fraction of sp³-hybridized carbons (Fsp3) is 0.895. The SMILES string of the molecule is CCCCCCCCCCCCCOCCCC(N)=CCN. The highest BCUT2D eigenvalue weighted by atomic mass is 16.5. The summed E-state index contributed by atoms with van der Waals surface area (Å²) in [5.74, 6) is 0. The maximum atomic E-state index is 5.76. The Balaban J connectivity index is 3.04. The summed E-state index contributed by atoms with van der Waals surface area (Å²) in [6.45, 7) is 4.53. The van der Waals surface area contributed by atoms with Gasteiger partial charge in [-0.05, 0) is 19.3 Å². The predicted octanol–water partition coefficient (Wildman–Crippen LogP) is 4.90. The van der Waals surface area contributed by atoms with Crippen molar-refractivity contribution < 1.29 is 4.74 Å². The van der Waals surface area contributed by atoms with Crippen LogP contribution < -0.4 is 11.5 Å². The normalized spacial score (nSPS) is 12.0. The van der Waals surface area contributed by atoms with Crippen LogP contribution in [0.5, 0.6) is 0 Å². The maximum Gasteiger partial charge on any atom is 0.0469 e. The Morgan fingerprint density at radius 3 is 1.82 bits per heavy atom. The third kappa shape index (κ3) is 17.5. The molecule has 132 valence electrons. The van der Waals surface area contributed by atoms with E-state index in [-0.39, 0.29) is 0 Å². The fourth-order valence-electron chi connectivity index (χ4n) is 2.60. The molecular weight excluding hydrogens is 272 g/mol. The zero-order chi connectivity index (χ0) is 16.3. The van der Waals surface area contributed by atoms with Gasteiger partial charge in [-0.1, -0.05) is 77.2 Å². The van der Waals surface area contributed by atoms with Crippen LogP contribution in [0.15, 0.2) is 11.8 Å². The van der Waals surface area contributed by atoms with Gasteiger partial charge in [0, 0.05) is 25.5 Å².